The summed E-state index contributed by atoms with van der Waals surface area (Å²) in [5.74, 6) is 3.24. The summed E-state index contributed by atoms with van der Waals surface area (Å²) in [5.41, 5.74) is 5.82. The number of hydrogen-bond donors (Lipinski definition) is 3. The van der Waals surface area contributed by atoms with Gasteiger partial charge in [0.1, 0.15) is 10.7 Å². The van der Waals surface area contributed by atoms with Gasteiger partial charge in [0.2, 0.25) is 0 Å². The third kappa shape index (κ3) is 4.28. The van der Waals surface area contributed by atoms with Crippen molar-refractivity contribution in [3.05, 3.63) is 4.88 Å². The Morgan fingerprint density at radius 2 is 2.20 bits per heavy atom. The minimum Gasteiger partial charge on any atom is -0.382 e. The second-order valence-electron chi connectivity index (χ2n) is 4.93. The van der Waals surface area contributed by atoms with Crippen molar-refractivity contribution in [1.82, 2.24) is 10.3 Å². The maximum absolute atomic E-state index is 12.1. The van der Waals surface area contributed by atoms with Crippen LogP contribution < -0.4 is 16.4 Å². The molecule has 0 radical (unpaired) electrons. The van der Waals surface area contributed by atoms with E-state index in [1.54, 1.807) is 0 Å². The predicted octanol–water partition coefficient (Wildman–Crippen LogP) is 2.42. The summed E-state index contributed by atoms with van der Waals surface area (Å²) < 4.78 is 0. The number of thioether (sulfide) groups is 1. The molecule has 1 fully saturated rings. The fraction of sp³-hybridized carbons (Fsp3) is 0.692. The van der Waals surface area contributed by atoms with Crippen molar-refractivity contribution >= 4 is 40.0 Å². The molecule has 112 valence electrons. The van der Waals surface area contributed by atoms with Crippen LogP contribution in [0.15, 0.2) is 0 Å². The highest BCUT2D eigenvalue weighted by molar-refractivity contribution is 7.99. The standard InChI is InChI=1S/C13H22N4OS2/c1-2-5-15-13-17-11(14)10(20-13)12(18)16-8-9-3-6-19-7-4-9/h9H,2-8,14H2,1H3,(H,15,17)(H,16,18). The Morgan fingerprint density at radius 3 is 2.90 bits per heavy atom. The number of thiazole rings is 1. The summed E-state index contributed by atoms with van der Waals surface area (Å²) in [7, 11) is 0. The number of nitrogens with one attached hydrogen (secondary N) is 2. The number of rotatable bonds is 6. The van der Waals surface area contributed by atoms with Crippen LogP contribution in [0.5, 0.6) is 0 Å². The van der Waals surface area contributed by atoms with Gasteiger partial charge in [-0.25, -0.2) is 4.98 Å². The molecule has 0 atom stereocenters. The van der Waals surface area contributed by atoms with Crippen LogP contribution in [-0.4, -0.2) is 35.5 Å². The van der Waals surface area contributed by atoms with Crippen LogP contribution in [-0.2, 0) is 0 Å². The van der Waals surface area contributed by atoms with E-state index in [1.165, 1.54) is 35.7 Å². The molecule has 0 aliphatic carbocycles. The van der Waals surface area contributed by atoms with Gasteiger partial charge in [0, 0.05) is 13.1 Å². The Balaban J connectivity index is 1.86. The minimum absolute atomic E-state index is 0.0947. The molecule has 4 N–H and O–H groups in total. The number of aromatic nitrogens is 1. The maximum Gasteiger partial charge on any atom is 0.265 e. The van der Waals surface area contributed by atoms with Gasteiger partial charge >= 0.3 is 0 Å². The molecule has 1 amide bonds. The van der Waals surface area contributed by atoms with Crippen molar-refractivity contribution in [1.29, 1.82) is 0 Å². The molecule has 2 heterocycles. The van der Waals surface area contributed by atoms with Crippen LogP contribution in [0.2, 0.25) is 0 Å². The van der Waals surface area contributed by atoms with Crippen molar-refractivity contribution in [3.8, 4) is 0 Å². The quantitative estimate of drug-likeness (QED) is 0.751. The monoisotopic (exact) mass is 314 g/mol. The van der Waals surface area contributed by atoms with Gasteiger partial charge in [-0.3, -0.25) is 4.79 Å². The zero-order valence-electron chi connectivity index (χ0n) is 11.8. The van der Waals surface area contributed by atoms with Crippen molar-refractivity contribution in [2.24, 2.45) is 5.92 Å². The first-order valence-corrected chi connectivity index (χ1v) is 9.04. The number of nitrogens with zero attached hydrogens (tertiary/aromatic N) is 1. The molecular weight excluding hydrogens is 292 g/mol. The Bertz CT molecular complexity index is 444. The zero-order chi connectivity index (χ0) is 14.4. The van der Waals surface area contributed by atoms with E-state index in [0.29, 0.717) is 16.6 Å². The van der Waals surface area contributed by atoms with Crippen LogP contribution in [0.25, 0.3) is 0 Å². The van der Waals surface area contributed by atoms with E-state index in [1.807, 2.05) is 11.8 Å². The fourth-order valence-corrected chi connectivity index (χ4v) is 4.10. The van der Waals surface area contributed by atoms with Crippen LogP contribution in [0.3, 0.4) is 0 Å². The molecule has 1 aliphatic rings. The van der Waals surface area contributed by atoms with Gasteiger partial charge in [0.15, 0.2) is 5.13 Å². The lowest BCUT2D eigenvalue weighted by molar-refractivity contribution is 0.0951. The molecule has 0 bridgehead atoms. The third-order valence-corrected chi connectivity index (χ3v) is 5.35. The number of hydrogen-bond acceptors (Lipinski definition) is 6. The molecule has 1 aromatic heterocycles. The third-order valence-electron chi connectivity index (χ3n) is 3.28. The van der Waals surface area contributed by atoms with Crippen molar-refractivity contribution in [3.63, 3.8) is 0 Å². The van der Waals surface area contributed by atoms with Gasteiger partial charge in [0.05, 0.1) is 0 Å². The lowest BCUT2D eigenvalue weighted by Gasteiger charge is -2.21. The number of nitrogen functional groups attached to an aromatic ring is 1. The molecule has 0 saturated carbocycles. The van der Waals surface area contributed by atoms with E-state index in [9.17, 15) is 4.79 Å². The van der Waals surface area contributed by atoms with E-state index in [-0.39, 0.29) is 5.91 Å². The van der Waals surface area contributed by atoms with E-state index in [4.69, 9.17) is 5.73 Å². The second-order valence-corrected chi connectivity index (χ2v) is 7.15. The maximum atomic E-state index is 12.1. The lowest BCUT2D eigenvalue weighted by atomic mass is 10.0. The van der Waals surface area contributed by atoms with E-state index >= 15 is 0 Å². The zero-order valence-corrected chi connectivity index (χ0v) is 13.4. The van der Waals surface area contributed by atoms with E-state index in [2.05, 4.69) is 22.5 Å². The van der Waals surface area contributed by atoms with Crippen LogP contribution in [0.4, 0.5) is 10.9 Å². The molecule has 20 heavy (non-hydrogen) atoms. The van der Waals surface area contributed by atoms with Gasteiger partial charge < -0.3 is 16.4 Å². The van der Waals surface area contributed by atoms with Gasteiger partial charge in [0.25, 0.3) is 5.91 Å². The molecule has 0 spiro atoms. The summed E-state index contributed by atoms with van der Waals surface area (Å²) in [6, 6.07) is 0. The first-order valence-electron chi connectivity index (χ1n) is 7.06. The average Bonchev–Trinajstić information content (AvgIpc) is 2.85. The number of anilines is 2. The summed E-state index contributed by atoms with van der Waals surface area (Å²) >= 11 is 3.32. The smallest absolute Gasteiger partial charge is 0.265 e. The lowest BCUT2D eigenvalue weighted by Crippen LogP contribution is -2.30. The van der Waals surface area contributed by atoms with Gasteiger partial charge in [-0.15, -0.1) is 0 Å². The second kappa shape index (κ2) is 7.73. The normalized spacial score (nSPS) is 16.1. The molecule has 1 saturated heterocycles. The SMILES string of the molecule is CCCNc1nc(N)c(C(=O)NCC2CCSCC2)s1. The van der Waals surface area contributed by atoms with E-state index < -0.39 is 0 Å². The predicted molar refractivity (Wildman–Crippen MR) is 87.7 cm³/mol. The van der Waals surface area contributed by atoms with Gasteiger partial charge in [-0.2, -0.15) is 11.8 Å². The number of nitrogens with two attached hydrogens (primary N) is 1. The average molecular weight is 314 g/mol. The van der Waals surface area contributed by atoms with Gasteiger partial charge in [-0.05, 0) is 36.7 Å². The summed E-state index contributed by atoms with van der Waals surface area (Å²) in [6.45, 7) is 3.67. The van der Waals surface area contributed by atoms with Crippen molar-refractivity contribution < 1.29 is 4.79 Å². The Morgan fingerprint density at radius 1 is 1.45 bits per heavy atom. The molecule has 1 aliphatic heterocycles. The number of carbonyl (C=O) groups excluding carboxylic acids is 1. The molecule has 0 aromatic carbocycles. The number of amides is 1. The minimum atomic E-state index is -0.0947. The van der Waals surface area contributed by atoms with Crippen molar-refractivity contribution in [2.75, 3.05) is 35.6 Å². The largest absolute Gasteiger partial charge is 0.382 e. The Labute approximate surface area is 128 Å². The molecular formula is C13H22N4OS2. The summed E-state index contributed by atoms with van der Waals surface area (Å²) in [6.07, 6.45) is 3.39. The van der Waals surface area contributed by atoms with Crippen molar-refractivity contribution in [2.45, 2.75) is 26.2 Å². The Kier molecular flexibility index (Phi) is 5.97. The summed E-state index contributed by atoms with van der Waals surface area (Å²) in [4.78, 5) is 16.8. The van der Waals surface area contributed by atoms with Crippen LogP contribution in [0.1, 0.15) is 35.9 Å². The molecule has 0 unspecified atom stereocenters. The number of carbonyl (C=O) groups is 1. The molecule has 2 rings (SSSR count). The highest BCUT2D eigenvalue weighted by atomic mass is 32.2. The Hall–Kier alpha value is -0.950. The fourth-order valence-electron chi connectivity index (χ4n) is 2.07. The molecule has 5 nitrogen and oxygen atoms in total. The van der Waals surface area contributed by atoms with Crippen LogP contribution >= 0.6 is 23.1 Å². The molecule has 7 heteroatoms. The topological polar surface area (TPSA) is 80.0 Å². The molecule has 1 aromatic rings. The first kappa shape index (κ1) is 15.4. The van der Waals surface area contributed by atoms with Gasteiger partial charge in [-0.1, -0.05) is 18.3 Å². The van der Waals surface area contributed by atoms with Crippen LogP contribution in [0, 0.1) is 5.92 Å². The first-order chi connectivity index (χ1) is 9.70. The highest BCUT2D eigenvalue weighted by Crippen LogP contribution is 2.25. The van der Waals surface area contributed by atoms with E-state index in [0.717, 1.165) is 24.6 Å². The summed E-state index contributed by atoms with van der Waals surface area (Å²) in [5, 5.41) is 6.88. The highest BCUT2D eigenvalue weighted by Gasteiger charge is 2.18.